The van der Waals surface area contributed by atoms with Crippen molar-refractivity contribution in [3.63, 3.8) is 0 Å². The van der Waals surface area contributed by atoms with Crippen LogP contribution >= 0.6 is 11.6 Å². The van der Waals surface area contributed by atoms with E-state index in [0.29, 0.717) is 0 Å². The zero-order valence-corrected chi connectivity index (χ0v) is 10.3. The minimum Gasteiger partial charge on any atom is -0.486 e. The zero-order valence-electron chi connectivity index (χ0n) is 9.57. The Morgan fingerprint density at radius 2 is 1.72 bits per heavy atom. The van der Waals surface area contributed by atoms with Crippen LogP contribution in [0.2, 0.25) is 5.02 Å². The summed E-state index contributed by atoms with van der Waals surface area (Å²) in [5.41, 5.74) is 1.72. The minimum atomic E-state index is -0.550. The second kappa shape index (κ2) is 5.85. The third-order valence-corrected chi connectivity index (χ3v) is 2.81. The van der Waals surface area contributed by atoms with Crippen LogP contribution in [0.5, 0.6) is 5.75 Å². The van der Waals surface area contributed by atoms with Gasteiger partial charge in [-0.2, -0.15) is 0 Å². The lowest BCUT2D eigenvalue weighted by Crippen LogP contribution is -1.98. The lowest BCUT2D eigenvalue weighted by molar-refractivity contribution is 0.280. The molecule has 0 bridgehead atoms. The van der Waals surface area contributed by atoms with Crippen LogP contribution in [0.1, 0.15) is 11.1 Å². The smallest absolute Gasteiger partial charge is 0.183 e. The molecule has 1 N–H and O–H groups in total. The van der Waals surface area contributed by atoms with Crippen LogP contribution in [0.25, 0.3) is 0 Å². The van der Waals surface area contributed by atoms with Gasteiger partial charge in [0.25, 0.3) is 0 Å². The van der Waals surface area contributed by atoms with Gasteiger partial charge < -0.3 is 9.84 Å². The van der Waals surface area contributed by atoms with Crippen molar-refractivity contribution in [3.05, 3.63) is 64.4 Å². The topological polar surface area (TPSA) is 29.5 Å². The maximum Gasteiger partial charge on any atom is 0.183 e. The van der Waals surface area contributed by atoms with Crippen LogP contribution < -0.4 is 4.74 Å². The molecule has 2 rings (SSSR count). The molecule has 4 heteroatoms. The van der Waals surface area contributed by atoms with Crippen molar-refractivity contribution >= 4 is 11.6 Å². The molecule has 0 aliphatic carbocycles. The van der Waals surface area contributed by atoms with Gasteiger partial charge in [-0.3, -0.25) is 0 Å². The fourth-order valence-corrected chi connectivity index (χ4v) is 1.66. The highest BCUT2D eigenvalue weighted by Crippen LogP contribution is 2.24. The van der Waals surface area contributed by atoms with Gasteiger partial charge in [0.2, 0.25) is 0 Å². The minimum absolute atomic E-state index is 0.00403. The maximum atomic E-state index is 13.5. The summed E-state index contributed by atoms with van der Waals surface area (Å²) in [7, 11) is 0. The Labute approximate surface area is 110 Å². The van der Waals surface area contributed by atoms with E-state index >= 15 is 0 Å². The molecule has 0 saturated heterocycles. The number of ether oxygens (including phenoxy) is 1. The van der Waals surface area contributed by atoms with E-state index in [1.54, 1.807) is 18.2 Å². The van der Waals surface area contributed by atoms with Gasteiger partial charge in [0, 0.05) is 0 Å². The molecule has 0 spiro atoms. The first-order valence-corrected chi connectivity index (χ1v) is 5.84. The van der Waals surface area contributed by atoms with E-state index in [2.05, 4.69) is 0 Å². The number of halogens is 2. The van der Waals surface area contributed by atoms with Crippen molar-refractivity contribution in [2.45, 2.75) is 13.2 Å². The number of benzene rings is 2. The van der Waals surface area contributed by atoms with Crippen molar-refractivity contribution in [3.8, 4) is 5.75 Å². The molecule has 0 unspecified atom stereocenters. The molecule has 94 valence electrons. The van der Waals surface area contributed by atoms with Crippen LogP contribution in [0, 0.1) is 5.82 Å². The third-order valence-electron chi connectivity index (χ3n) is 2.52. The zero-order chi connectivity index (χ0) is 13.0. The van der Waals surface area contributed by atoms with E-state index in [1.165, 1.54) is 12.1 Å². The molecule has 0 saturated carbocycles. The monoisotopic (exact) mass is 266 g/mol. The van der Waals surface area contributed by atoms with Gasteiger partial charge in [-0.05, 0) is 23.3 Å². The Balaban J connectivity index is 2.04. The van der Waals surface area contributed by atoms with Gasteiger partial charge in [-0.15, -0.1) is 0 Å². The molecule has 0 aromatic heterocycles. The molecule has 0 radical (unpaired) electrons. The van der Waals surface area contributed by atoms with E-state index in [-0.39, 0.29) is 24.0 Å². The van der Waals surface area contributed by atoms with Crippen molar-refractivity contribution in [2.75, 3.05) is 0 Å². The summed E-state index contributed by atoms with van der Waals surface area (Å²) in [5.74, 6) is -0.417. The highest BCUT2D eigenvalue weighted by atomic mass is 35.5. The van der Waals surface area contributed by atoms with Crippen LogP contribution in [-0.4, -0.2) is 5.11 Å². The second-order valence-corrected chi connectivity index (χ2v) is 4.22. The van der Waals surface area contributed by atoms with E-state index in [1.807, 2.05) is 12.1 Å². The first-order chi connectivity index (χ1) is 8.70. The van der Waals surface area contributed by atoms with Crippen molar-refractivity contribution in [1.82, 2.24) is 0 Å². The fourth-order valence-electron chi connectivity index (χ4n) is 1.50. The van der Waals surface area contributed by atoms with Gasteiger partial charge >= 0.3 is 0 Å². The Kier molecular flexibility index (Phi) is 4.18. The molecule has 2 nitrogen and oxygen atoms in total. The number of aliphatic hydroxyl groups is 1. The Morgan fingerprint density at radius 1 is 1.06 bits per heavy atom. The molecule has 18 heavy (non-hydrogen) atoms. The second-order valence-electron chi connectivity index (χ2n) is 3.82. The molecule has 2 aromatic carbocycles. The summed E-state index contributed by atoms with van der Waals surface area (Å²) in [6, 6.07) is 11.9. The maximum absolute atomic E-state index is 13.5. The van der Waals surface area contributed by atoms with Gasteiger partial charge in [-0.1, -0.05) is 41.9 Å². The van der Waals surface area contributed by atoms with Crippen molar-refractivity contribution in [2.24, 2.45) is 0 Å². The quantitative estimate of drug-likeness (QED) is 0.917. The lowest BCUT2D eigenvalue weighted by Gasteiger charge is -2.08. The van der Waals surface area contributed by atoms with Crippen LogP contribution in [0.4, 0.5) is 4.39 Å². The average Bonchev–Trinajstić information content (AvgIpc) is 2.41. The molecule has 0 fully saturated rings. The average molecular weight is 267 g/mol. The number of hydrogen-bond donors (Lipinski definition) is 1. The van der Waals surface area contributed by atoms with Gasteiger partial charge in [0.1, 0.15) is 6.61 Å². The number of rotatable bonds is 4. The highest BCUT2D eigenvalue weighted by Gasteiger charge is 2.07. The van der Waals surface area contributed by atoms with E-state index in [0.717, 1.165) is 11.1 Å². The van der Waals surface area contributed by atoms with Gasteiger partial charge in [0.05, 0.1) is 11.6 Å². The molecule has 0 amide bonds. The van der Waals surface area contributed by atoms with Crippen molar-refractivity contribution < 1.29 is 14.2 Å². The van der Waals surface area contributed by atoms with Gasteiger partial charge in [0.15, 0.2) is 11.6 Å². The summed E-state index contributed by atoms with van der Waals surface area (Å²) in [4.78, 5) is 0. The van der Waals surface area contributed by atoms with E-state index in [9.17, 15) is 4.39 Å². The van der Waals surface area contributed by atoms with E-state index < -0.39 is 5.82 Å². The first kappa shape index (κ1) is 12.9. The Morgan fingerprint density at radius 3 is 2.39 bits per heavy atom. The van der Waals surface area contributed by atoms with E-state index in [4.69, 9.17) is 21.4 Å². The molecular formula is C14H12ClFO2. The molecule has 0 aliphatic heterocycles. The largest absolute Gasteiger partial charge is 0.486 e. The Hall–Kier alpha value is -1.58. The summed E-state index contributed by atoms with van der Waals surface area (Å²) < 4.78 is 18.9. The SMILES string of the molecule is OCc1ccc(COc2cccc(Cl)c2F)cc1. The highest BCUT2D eigenvalue weighted by molar-refractivity contribution is 6.30. The summed E-state index contributed by atoms with van der Waals surface area (Å²) in [6.07, 6.45) is 0. The molecule has 0 aliphatic rings. The lowest BCUT2D eigenvalue weighted by atomic mass is 10.1. The predicted molar refractivity (Wildman–Crippen MR) is 68.1 cm³/mol. The summed E-state index contributed by atoms with van der Waals surface area (Å²) >= 11 is 5.65. The molecule has 0 atom stereocenters. The summed E-state index contributed by atoms with van der Waals surface area (Å²) in [6.45, 7) is 0.257. The number of aliphatic hydroxyl groups excluding tert-OH is 1. The molecule has 2 aromatic rings. The third kappa shape index (κ3) is 3.00. The predicted octanol–water partition coefficient (Wildman–Crippen LogP) is 3.55. The van der Waals surface area contributed by atoms with Gasteiger partial charge in [-0.25, -0.2) is 4.39 Å². The van der Waals surface area contributed by atoms with Crippen LogP contribution in [0.3, 0.4) is 0 Å². The summed E-state index contributed by atoms with van der Waals surface area (Å²) in [5, 5.41) is 8.95. The van der Waals surface area contributed by atoms with Crippen LogP contribution in [0.15, 0.2) is 42.5 Å². The van der Waals surface area contributed by atoms with Crippen LogP contribution in [-0.2, 0) is 13.2 Å². The normalized spacial score (nSPS) is 10.4. The first-order valence-electron chi connectivity index (χ1n) is 5.46. The molecular weight excluding hydrogens is 255 g/mol. The fraction of sp³-hybridized carbons (Fsp3) is 0.143. The standard InChI is InChI=1S/C14H12ClFO2/c15-12-2-1-3-13(14(12)16)18-9-11-6-4-10(8-17)5-7-11/h1-7,17H,8-9H2. The molecule has 0 heterocycles. The number of hydrogen-bond acceptors (Lipinski definition) is 2. The Bertz CT molecular complexity index is 526. The van der Waals surface area contributed by atoms with Crippen molar-refractivity contribution in [1.29, 1.82) is 0 Å².